The Morgan fingerprint density at radius 2 is 1.88 bits per heavy atom. The monoisotopic (exact) mass is 323 g/mol. The van der Waals surface area contributed by atoms with Crippen LogP contribution in [0.2, 0.25) is 0 Å². The van der Waals surface area contributed by atoms with Crippen molar-refractivity contribution in [2.24, 2.45) is 0 Å². The SMILES string of the molecule is O=C(c1cccc(-n2cccn2)n1)N1CCC(N2CC=CC2)CC1. The molecule has 2 aromatic rings. The highest BCUT2D eigenvalue weighted by Gasteiger charge is 2.28. The van der Waals surface area contributed by atoms with Gasteiger partial charge in [0, 0.05) is 44.6 Å². The number of carbonyl (C=O) groups is 1. The van der Waals surface area contributed by atoms with Crippen LogP contribution < -0.4 is 0 Å². The van der Waals surface area contributed by atoms with Gasteiger partial charge in [-0.2, -0.15) is 5.10 Å². The van der Waals surface area contributed by atoms with Crippen molar-refractivity contribution >= 4 is 5.91 Å². The van der Waals surface area contributed by atoms with Gasteiger partial charge in [-0.25, -0.2) is 9.67 Å². The predicted molar refractivity (Wildman–Crippen MR) is 91.0 cm³/mol. The molecule has 6 nitrogen and oxygen atoms in total. The fourth-order valence-corrected chi connectivity index (χ4v) is 3.46. The smallest absolute Gasteiger partial charge is 0.272 e. The normalized spacial score (nSPS) is 19.1. The minimum absolute atomic E-state index is 0.0157. The Balaban J connectivity index is 1.42. The first-order chi connectivity index (χ1) is 11.8. The summed E-state index contributed by atoms with van der Waals surface area (Å²) in [5.41, 5.74) is 0.490. The van der Waals surface area contributed by atoms with Crippen molar-refractivity contribution in [3.63, 3.8) is 0 Å². The van der Waals surface area contributed by atoms with Crippen molar-refractivity contribution in [2.45, 2.75) is 18.9 Å². The van der Waals surface area contributed by atoms with Crippen molar-refractivity contribution in [3.8, 4) is 5.82 Å². The van der Waals surface area contributed by atoms with Gasteiger partial charge in [0.25, 0.3) is 5.91 Å². The molecule has 6 heteroatoms. The molecule has 1 amide bonds. The first-order valence-electron chi connectivity index (χ1n) is 8.47. The van der Waals surface area contributed by atoms with Crippen molar-refractivity contribution in [1.82, 2.24) is 24.6 Å². The molecular formula is C18H21N5O. The van der Waals surface area contributed by atoms with E-state index in [9.17, 15) is 4.79 Å². The number of aromatic nitrogens is 3. The molecule has 0 atom stereocenters. The highest BCUT2D eigenvalue weighted by molar-refractivity contribution is 5.92. The highest BCUT2D eigenvalue weighted by Crippen LogP contribution is 2.20. The first-order valence-corrected chi connectivity index (χ1v) is 8.47. The van der Waals surface area contributed by atoms with Crippen molar-refractivity contribution < 1.29 is 4.79 Å². The van der Waals surface area contributed by atoms with Gasteiger partial charge in [-0.15, -0.1) is 0 Å². The van der Waals surface area contributed by atoms with Crippen molar-refractivity contribution in [1.29, 1.82) is 0 Å². The van der Waals surface area contributed by atoms with Crippen LogP contribution >= 0.6 is 0 Å². The minimum Gasteiger partial charge on any atom is -0.337 e. The second-order valence-electron chi connectivity index (χ2n) is 6.28. The molecule has 2 aromatic heterocycles. The van der Waals surface area contributed by atoms with Crippen LogP contribution in [0, 0.1) is 0 Å². The van der Waals surface area contributed by atoms with E-state index in [0.29, 0.717) is 17.6 Å². The Labute approximate surface area is 141 Å². The second-order valence-corrected chi connectivity index (χ2v) is 6.28. The lowest BCUT2D eigenvalue weighted by atomic mass is 10.0. The van der Waals surface area contributed by atoms with E-state index in [-0.39, 0.29) is 5.91 Å². The van der Waals surface area contributed by atoms with Crippen molar-refractivity contribution in [3.05, 3.63) is 54.5 Å². The average molecular weight is 323 g/mol. The highest BCUT2D eigenvalue weighted by atomic mass is 16.2. The molecule has 24 heavy (non-hydrogen) atoms. The molecule has 0 aromatic carbocycles. The van der Waals surface area contributed by atoms with Gasteiger partial charge in [-0.05, 0) is 31.0 Å². The van der Waals surface area contributed by atoms with Crippen molar-refractivity contribution in [2.75, 3.05) is 26.2 Å². The number of piperidine rings is 1. The van der Waals surface area contributed by atoms with Gasteiger partial charge < -0.3 is 4.90 Å². The quantitative estimate of drug-likeness (QED) is 0.808. The average Bonchev–Trinajstić information content (AvgIpc) is 3.35. The third kappa shape index (κ3) is 2.97. The van der Waals surface area contributed by atoms with Gasteiger partial charge in [-0.1, -0.05) is 18.2 Å². The molecule has 0 unspecified atom stereocenters. The summed E-state index contributed by atoms with van der Waals surface area (Å²) in [5, 5.41) is 4.17. The Morgan fingerprint density at radius 1 is 1.08 bits per heavy atom. The fourth-order valence-electron chi connectivity index (χ4n) is 3.46. The molecule has 4 rings (SSSR count). The number of likely N-dealkylation sites (tertiary alicyclic amines) is 1. The minimum atomic E-state index is 0.0157. The summed E-state index contributed by atoms with van der Waals surface area (Å²) in [6.45, 7) is 3.69. The summed E-state index contributed by atoms with van der Waals surface area (Å²) < 4.78 is 1.67. The molecule has 0 bridgehead atoms. The van der Waals surface area contributed by atoms with Crippen LogP contribution in [0.5, 0.6) is 0 Å². The maximum atomic E-state index is 12.8. The number of hydrogen-bond donors (Lipinski definition) is 0. The second kappa shape index (κ2) is 6.57. The van der Waals surface area contributed by atoms with Crippen LogP contribution in [0.3, 0.4) is 0 Å². The van der Waals surface area contributed by atoms with Crippen LogP contribution in [-0.4, -0.2) is 62.7 Å². The number of rotatable bonds is 3. The van der Waals surface area contributed by atoms with Crippen LogP contribution in [0.25, 0.3) is 5.82 Å². The maximum absolute atomic E-state index is 12.8. The largest absolute Gasteiger partial charge is 0.337 e. The number of hydrogen-bond acceptors (Lipinski definition) is 4. The molecule has 2 aliphatic rings. The Kier molecular flexibility index (Phi) is 4.13. The van der Waals surface area contributed by atoms with E-state index in [1.807, 2.05) is 29.3 Å². The summed E-state index contributed by atoms with van der Waals surface area (Å²) in [6, 6.07) is 7.93. The van der Waals surface area contributed by atoms with E-state index >= 15 is 0 Å². The van der Waals surface area contributed by atoms with E-state index in [1.54, 1.807) is 16.9 Å². The summed E-state index contributed by atoms with van der Waals surface area (Å²) >= 11 is 0. The zero-order valence-electron chi connectivity index (χ0n) is 13.6. The Bertz CT molecular complexity index is 724. The van der Waals surface area contributed by atoms with Gasteiger partial charge in [0.15, 0.2) is 5.82 Å². The molecule has 0 saturated carbocycles. The summed E-state index contributed by atoms with van der Waals surface area (Å²) in [7, 11) is 0. The number of pyridine rings is 1. The molecule has 124 valence electrons. The van der Waals surface area contributed by atoms with Gasteiger partial charge in [0.2, 0.25) is 0 Å². The number of nitrogens with zero attached hydrogens (tertiary/aromatic N) is 5. The van der Waals surface area contributed by atoms with E-state index in [2.05, 4.69) is 27.1 Å². The Morgan fingerprint density at radius 3 is 2.58 bits per heavy atom. The van der Waals surface area contributed by atoms with Crippen LogP contribution in [-0.2, 0) is 0 Å². The predicted octanol–water partition coefficient (Wildman–Crippen LogP) is 1.74. The Hall–Kier alpha value is -2.47. The third-order valence-electron chi connectivity index (χ3n) is 4.81. The maximum Gasteiger partial charge on any atom is 0.272 e. The standard InChI is InChI=1S/C18H21N5O/c24-18(16-5-3-6-17(20-16)23-12-4-9-19-23)22-13-7-15(8-14-22)21-10-1-2-11-21/h1-6,9,12,15H,7-8,10-11,13-14H2. The topological polar surface area (TPSA) is 54.3 Å². The molecule has 2 aliphatic heterocycles. The van der Waals surface area contributed by atoms with E-state index in [0.717, 1.165) is 39.0 Å². The van der Waals surface area contributed by atoms with Gasteiger partial charge in [0.1, 0.15) is 5.69 Å². The summed E-state index contributed by atoms with van der Waals surface area (Å²) in [5.74, 6) is 0.686. The molecule has 0 spiro atoms. The number of amides is 1. The van der Waals surface area contributed by atoms with E-state index < -0.39 is 0 Å². The molecule has 0 aliphatic carbocycles. The molecule has 1 fully saturated rings. The molecule has 0 N–H and O–H groups in total. The lowest BCUT2D eigenvalue weighted by Gasteiger charge is -2.36. The first kappa shape index (κ1) is 15.1. The lowest BCUT2D eigenvalue weighted by molar-refractivity contribution is 0.0643. The summed E-state index contributed by atoms with van der Waals surface area (Å²) in [6.07, 6.45) is 10.0. The third-order valence-corrected chi connectivity index (χ3v) is 4.81. The van der Waals surface area contributed by atoms with Crippen LogP contribution in [0.15, 0.2) is 48.8 Å². The number of carbonyl (C=O) groups excluding carboxylic acids is 1. The van der Waals surface area contributed by atoms with E-state index in [1.165, 1.54) is 0 Å². The lowest BCUT2D eigenvalue weighted by Crippen LogP contribution is -2.46. The summed E-state index contributed by atoms with van der Waals surface area (Å²) in [4.78, 5) is 21.6. The molecular weight excluding hydrogens is 302 g/mol. The molecule has 1 saturated heterocycles. The van der Waals surface area contributed by atoms with E-state index in [4.69, 9.17) is 0 Å². The van der Waals surface area contributed by atoms with Crippen LogP contribution in [0.1, 0.15) is 23.3 Å². The zero-order valence-corrected chi connectivity index (χ0v) is 13.6. The van der Waals surface area contributed by atoms with Gasteiger partial charge >= 0.3 is 0 Å². The zero-order chi connectivity index (χ0) is 16.4. The fraction of sp³-hybridized carbons (Fsp3) is 0.389. The van der Waals surface area contributed by atoms with Gasteiger partial charge in [-0.3, -0.25) is 9.69 Å². The molecule has 0 radical (unpaired) electrons. The van der Waals surface area contributed by atoms with Gasteiger partial charge in [0.05, 0.1) is 0 Å². The molecule has 4 heterocycles. The van der Waals surface area contributed by atoms with Crippen LogP contribution in [0.4, 0.5) is 0 Å².